The van der Waals surface area contributed by atoms with Gasteiger partial charge < -0.3 is 10.6 Å². The molecular formula is C18H22N6O. The highest BCUT2D eigenvalue weighted by molar-refractivity contribution is 5.91. The van der Waals surface area contributed by atoms with Crippen LogP contribution >= 0.6 is 0 Å². The van der Waals surface area contributed by atoms with Gasteiger partial charge in [0.05, 0.1) is 5.69 Å². The van der Waals surface area contributed by atoms with Crippen LogP contribution in [0.5, 0.6) is 0 Å². The number of fused-ring (bicyclic) bond motifs is 1. The maximum absolute atomic E-state index is 11.9. The van der Waals surface area contributed by atoms with Crippen LogP contribution in [-0.2, 0) is 4.79 Å². The molecule has 0 saturated carbocycles. The molecule has 2 aromatic heterocycles. The van der Waals surface area contributed by atoms with Crippen molar-refractivity contribution in [1.82, 2.24) is 19.8 Å². The zero-order chi connectivity index (χ0) is 17.6. The molecule has 0 aliphatic rings. The van der Waals surface area contributed by atoms with Crippen molar-refractivity contribution in [2.45, 2.75) is 33.1 Å². The molecule has 0 saturated heterocycles. The average molecular weight is 338 g/mol. The maximum Gasteiger partial charge on any atom is 0.246 e. The van der Waals surface area contributed by atoms with Crippen LogP contribution in [0.25, 0.3) is 16.9 Å². The fourth-order valence-corrected chi connectivity index (χ4v) is 2.53. The Hall–Kier alpha value is -2.96. The summed E-state index contributed by atoms with van der Waals surface area (Å²) in [4.78, 5) is 11.9. The summed E-state index contributed by atoms with van der Waals surface area (Å²) in [6, 6.07) is 11.5. The van der Waals surface area contributed by atoms with Gasteiger partial charge in [0.15, 0.2) is 5.65 Å². The fraction of sp³-hybridized carbons (Fsp3) is 0.333. The largest absolute Gasteiger partial charge is 0.353 e. The monoisotopic (exact) mass is 338 g/mol. The van der Waals surface area contributed by atoms with Gasteiger partial charge in [-0.05, 0) is 37.6 Å². The van der Waals surface area contributed by atoms with Crippen LogP contribution < -0.4 is 10.6 Å². The summed E-state index contributed by atoms with van der Waals surface area (Å²) in [6.45, 7) is 4.81. The third-order valence-electron chi connectivity index (χ3n) is 3.80. The van der Waals surface area contributed by atoms with E-state index in [1.165, 1.54) is 0 Å². The molecule has 130 valence electrons. The van der Waals surface area contributed by atoms with E-state index in [4.69, 9.17) is 0 Å². The number of carbonyl (C=O) groups is 1. The maximum atomic E-state index is 11.9. The molecule has 25 heavy (non-hydrogen) atoms. The lowest BCUT2D eigenvalue weighted by Gasteiger charge is -2.08. The van der Waals surface area contributed by atoms with Crippen molar-refractivity contribution in [1.29, 1.82) is 0 Å². The molecule has 1 aromatic carbocycles. The average Bonchev–Trinajstić information content (AvgIpc) is 3.03. The summed E-state index contributed by atoms with van der Waals surface area (Å²) < 4.78 is 1.69. The number of anilines is 2. The normalized spacial score (nSPS) is 10.8. The Morgan fingerprint density at radius 3 is 2.84 bits per heavy atom. The molecule has 0 spiro atoms. The molecule has 7 nitrogen and oxygen atoms in total. The lowest BCUT2D eigenvalue weighted by Crippen LogP contribution is -2.10. The van der Waals surface area contributed by atoms with E-state index in [2.05, 4.69) is 32.9 Å². The van der Waals surface area contributed by atoms with Gasteiger partial charge in [-0.3, -0.25) is 4.79 Å². The molecule has 2 heterocycles. The number of amides is 1. The highest BCUT2D eigenvalue weighted by atomic mass is 16.1. The van der Waals surface area contributed by atoms with Gasteiger partial charge in [0.25, 0.3) is 0 Å². The minimum atomic E-state index is 0.0376. The third kappa shape index (κ3) is 3.93. The summed E-state index contributed by atoms with van der Waals surface area (Å²) in [7, 11) is 0. The summed E-state index contributed by atoms with van der Waals surface area (Å²) in [6.07, 6.45) is 2.44. The second-order valence-corrected chi connectivity index (χ2v) is 5.78. The van der Waals surface area contributed by atoms with Crippen LogP contribution in [0.15, 0.2) is 36.4 Å². The number of benzene rings is 1. The standard InChI is InChI=1S/C18H22N6O/c1-3-5-9-17(25)20-14-8-6-7-13(12-14)15-10-11-16-21-22-18(19-4-2)24(16)23-15/h6-8,10-12H,3-5,9H2,1-2H3,(H,19,22)(H,20,25). The molecule has 2 N–H and O–H groups in total. The van der Waals surface area contributed by atoms with Gasteiger partial charge in [-0.15, -0.1) is 10.2 Å². The number of carbonyl (C=O) groups excluding carboxylic acids is 1. The van der Waals surface area contributed by atoms with Crippen molar-refractivity contribution in [2.24, 2.45) is 0 Å². The van der Waals surface area contributed by atoms with Crippen molar-refractivity contribution in [3.05, 3.63) is 36.4 Å². The first-order chi connectivity index (χ1) is 12.2. The SMILES string of the molecule is CCCCC(=O)Nc1cccc(-c2ccc3nnc(NCC)n3n2)c1. The molecule has 3 aromatic rings. The molecule has 0 unspecified atom stereocenters. The quantitative estimate of drug-likeness (QED) is 0.690. The molecule has 0 aliphatic heterocycles. The van der Waals surface area contributed by atoms with E-state index in [9.17, 15) is 4.79 Å². The predicted octanol–water partition coefficient (Wildman–Crippen LogP) is 3.35. The lowest BCUT2D eigenvalue weighted by atomic mass is 10.1. The first kappa shape index (κ1) is 16.9. The van der Waals surface area contributed by atoms with E-state index >= 15 is 0 Å². The number of hydrogen-bond acceptors (Lipinski definition) is 5. The summed E-state index contributed by atoms with van der Waals surface area (Å²) >= 11 is 0. The van der Waals surface area contributed by atoms with E-state index in [1.54, 1.807) is 4.52 Å². The van der Waals surface area contributed by atoms with Crippen LogP contribution in [0.2, 0.25) is 0 Å². The van der Waals surface area contributed by atoms with E-state index < -0.39 is 0 Å². The molecule has 7 heteroatoms. The molecular weight excluding hydrogens is 316 g/mol. The van der Waals surface area contributed by atoms with Gasteiger partial charge in [-0.1, -0.05) is 25.5 Å². The van der Waals surface area contributed by atoms with E-state index in [1.807, 2.05) is 43.3 Å². The Morgan fingerprint density at radius 1 is 1.16 bits per heavy atom. The Morgan fingerprint density at radius 2 is 2.04 bits per heavy atom. The van der Waals surface area contributed by atoms with Crippen molar-refractivity contribution < 1.29 is 4.79 Å². The molecule has 0 radical (unpaired) electrons. The Bertz CT molecular complexity index is 873. The van der Waals surface area contributed by atoms with Crippen LogP contribution in [0.1, 0.15) is 33.1 Å². The zero-order valence-corrected chi connectivity index (χ0v) is 14.5. The minimum Gasteiger partial charge on any atom is -0.353 e. The Labute approximate surface area is 146 Å². The van der Waals surface area contributed by atoms with Crippen LogP contribution in [0, 0.1) is 0 Å². The summed E-state index contributed by atoms with van der Waals surface area (Å²) in [5.41, 5.74) is 3.17. The zero-order valence-electron chi connectivity index (χ0n) is 14.5. The number of nitrogens with one attached hydrogen (secondary N) is 2. The van der Waals surface area contributed by atoms with Crippen molar-refractivity contribution >= 4 is 23.2 Å². The summed E-state index contributed by atoms with van der Waals surface area (Å²) in [5, 5.41) is 18.9. The van der Waals surface area contributed by atoms with Gasteiger partial charge in [-0.25, -0.2) is 0 Å². The number of aromatic nitrogens is 4. The van der Waals surface area contributed by atoms with E-state index in [0.717, 1.165) is 36.3 Å². The third-order valence-corrected chi connectivity index (χ3v) is 3.80. The number of hydrogen-bond donors (Lipinski definition) is 2. The van der Waals surface area contributed by atoms with Crippen LogP contribution in [0.3, 0.4) is 0 Å². The second-order valence-electron chi connectivity index (χ2n) is 5.78. The molecule has 0 aliphatic carbocycles. The van der Waals surface area contributed by atoms with Gasteiger partial charge in [0.1, 0.15) is 0 Å². The molecule has 3 rings (SSSR count). The van der Waals surface area contributed by atoms with Crippen molar-refractivity contribution in [2.75, 3.05) is 17.2 Å². The molecule has 0 fully saturated rings. The lowest BCUT2D eigenvalue weighted by molar-refractivity contribution is -0.116. The molecule has 0 atom stereocenters. The molecule has 1 amide bonds. The van der Waals surface area contributed by atoms with Crippen molar-refractivity contribution in [3.63, 3.8) is 0 Å². The predicted molar refractivity (Wildman–Crippen MR) is 98.5 cm³/mol. The van der Waals surface area contributed by atoms with Crippen molar-refractivity contribution in [3.8, 4) is 11.3 Å². The van der Waals surface area contributed by atoms with Crippen LogP contribution in [-0.4, -0.2) is 32.3 Å². The number of unbranched alkanes of at least 4 members (excludes halogenated alkanes) is 1. The first-order valence-electron chi connectivity index (χ1n) is 8.58. The second kappa shape index (κ2) is 7.74. The van der Waals surface area contributed by atoms with Gasteiger partial charge in [0, 0.05) is 24.2 Å². The van der Waals surface area contributed by atoms with E-state index in [0.29, 0.717) is 18.0 Å². The van der Waals surface area contributed by atoms with Gasteiger partial charge in [0.2, 0.25) is 11.9 Å². The first-order valence-corrected chi connectivity index (χ1v) is 8.58. The smallest absolute Gasteiger partial charge is 0.246 e. The Balaban J connectivity index is 1.86. The Kier molecular flexibility index (Phi) is 5.23. The van der Waals surface area contributed by atoms with Crippen LogP contribution in [0.4, 0.5) is 11.6 Å². The topological polar surface area (TPSA) is 84.2 Å². The highest BCUT2D eigenvalue weighted by Crippen LogP contribution is 2.22. The van der Waals surface area contributed by atoms with Gasteiger partial charge in [-0.2, -0.15) is 9.61 Å². The van der Waals surface area contributed by atoms with Gasteiger partial charge >= 0.3 is 0 Å². The highest BCUT2D eigenvalue weighted by Gasteiger charge is 2.09. The molecule has 0 bridgehead atoms. The summed E-state index contributed by atoms with van der Waals surface area (Å²) in [5.74, 6) is 0.652. The fourth-order valence-electron chi connectivity index (χ4n) is 2.53. The minimum absolute atomic E-state index is 0.0376. The number of nitrogens with zero attached hydrogens (tertiary/aromatic N) is 4. The van der Waals surface area contributed by atoms with E-state index in [-0.39, 0.29) is 5.91 Å². The number of rotatable bonds is 7.